The molecule has 2 unspecified atom stereocenters. The lowest BCUT2D eigenvalue weighted by Gasteiger charge is -2.28. The number of nitrogens with one attached hydrogen (secondary N) is 2. The van der Waals surface area contributed by atoms with Crippen molar-refractivity contribution < 1.29 is 28.3 Å². The van der Waals surface area contributed by atoms with Crippen LogP contribution in [0.5, 0.6) is 0 Å². The van der Waals surface area contributed by atoms with E-state index in [1.165, 1.54) is 12.1 Å². The molecule has 1 aromatic carbocycles. The van der Waals surface area contributed by atoms with Crippen molar-refractivity contribution >= 4 is 39.3 Å². The van der Waals surface area contributed by atoms with Crippen molar-refractivity contribution in [1.82, 2.24) is 4.72 Å². The number of primary sulfonamides is 1. The Morgan fingerprint density at radius 3 is 2.63 bits per heavy atom. The van der Waals surface area contributed by atoms with E-state index in [1.54, 1.807) is 0 Å². The van der Waals surface area contributed by atoms with Gasteiger partial charge in [0.15, 0.2) is 0 Å². The van der Waals surface area contributed by atoms with Crippen LogP contribution in [0.15, 0.2) is 21.9 Å². The maximum Gasteiger partial charge on any atom is 0.294 e. The van der Waals surface area contributed by atoms with Crippen LogP contribution in [0.2, 0.25) is 5.02 Å². The van der Waals surface area contributed by atoms with E-state index in [0.717, 1.165) is 11.9 Å². The number of hydrogen-bond donors (Lipinski definition) is 3. The van der Waals surface area contributed by atoms with Gasteiger partial charge in [-0.05, 0) is 36.9 Å². The third-order valence-electron chi connectivity index (χ3n) is 3.36. The highest BCUT2D eigenvalue weighted by molar-refractivity contribution is 7.97. The summed E-state index contributed by atoms with van der Waals surface area (Å²) < 4.78 is 26.0. The molecule has 2 atom stereocenters. The smallest absolute Gasteiger partial charge is 0.294 e. The Labute approximate surface area is 161 Å². The first kappa shape index (κ1) is 21.2. The molecular weight excluding hydrogens is 430 g/mol. The number of rotatable bonds is 9. The number of fused-ring (bicyclic) bond motifs is 1. The summed E-state index contributed by atoms with van der Waals surface area (Å²) in [4.78, 5) is 29.5. The first-order chi connectivity index (χ1) is 12.6. The topological polar surface area (TPSA) is 189 Å². The van der Waals surface area contributed by atoms with Gasteiger partial charge in [-0.3, -0.25) is 0 Å². The van der Waals surface area contributed by atoms with E-state index in [9.17, 15) is 28.6 Å². The maximum atomic E-state index is 11.5. The van der Waals surface area contributed by atoms with Crippen molar-refractivity contribution in [2.45, 2.75) is 34.9 Å². The van der Waals surface area contributed by atoms with Crippen LogP contribution in [0.25, 0.3) is 0 Å². The van der Waals surface area contributed by atoms with E-state index in [2.05, 4.69) is 19.7 Å². The van der Waals surface area contributed by atoms with E-state index in [-0.39, 0.29) is 22.8 Å². The highest BCUT2D eigenvalue weighted by Crippen LogP contribution is 2.36. The molecule has 27 heavy (non-hydrogen) atoms. The lowest BCUT2D eigenvalue weighted by molar-refractivity contribution is -0.790. The van der Waals surface area contributed by atoms with E-state index >= 15 is 0 Å². The molecule has 150 valence electrons. The number of nitrogens with two attached hydrogens (primary N) is 1. The molecule has 0 saturated heterocycles. The average molecular weight is 444 g/mol. The number of hydrogen-bond acceptors (Lipinski definition) is 11. The molecular formula is C11H14ClN5O8S2. The summed E-state index contributed by atoms with van der Waals surface area (Å²) in [7, 11) is -3.98. The molecule has 0 aromatic heterocycles. The van der Waals surface area contributed by atoms with E-state index in [0.29, 0.717) is 10.6 Å². The zero-order valence-corrected chi connectivity index (χ0v) is 15.8. The Hall–Kier alpha value is -2.07. The van der Waals surface area contributed by atoms with Gasteiger partial charge < -0.3 is 15.0 Å². The lowest BCUT2D eigenvalue weighted by atomic mass is 10.1. The average Bonchev–Trinajstić information content (AvgIpc) is 2.55. The second kappa shape index (κ2) is 8.75. The summed E-state index contributed by atoms with van der Waals surface area (Å²) in [6, 6.07) is 2.72. The SMILES string of the molecule is NS(=O)(=O)c1cc2c(cc1Cl)NC(CCC(CO[N+](=O)[O-])O[N+](=O)[O-])NS2. The van der Waals surface area contributed by atoms with Crippen LogP contribution in [0.4, 0.5) is 5.69 Å². The second-order valence-electron chi connectivity index (χ2n) is 5.29. The van der Waals surface area contributed by atoms with E-state index < -0.39 is 39.1 Å². The summed E-state index contributed by atoms with van der Waals surface area (Å²) in [5.74, 6) is 0. The lowest BCUT2D eigenvalue weighted by Crippen LogP contribution is -2.37. The Morgan fingerprint density at radius 2 is 2.04 bits per heavy atom. The van der Waals surface area contributed by atoms with Crippen molar-refractivity contribution in [3.05, 3.63) is 37.4 Å². The Kier molecular flexibility index (Phi) is 6.88. The van der Waals surface area contributed by atoms with Gasteiger partial charge in [-0.25, -0.2) is 18.3 Å². The van der Waals surface area contributed by atoms with Crippen LogP contribution in [0, 0.1) is 20.2 Å². The molecule has 0 saturated carbocycles. The van der Waals surface area contributed by atoms with Crippen molar-refractivity contribution in [3.8, 4) is 0 Å². The standard InChI is InChI=1S/C11H14ClN5O8S2/c12-7-3-8-9(4-10(7)27(13,22)23)26-15-11(14-8)2-1-6(25-17(20)21)5-24-16(18)19/h3-4,6,11,14-15H,1-2,5H2,(H2,13,22,23). The van der Waals surface area contributed by atoms with Gasteiger partial charge in [-0.15, -0.1) is 20.2 Å². The summed E-state index contributed by atoms with van der Waals surface area (Å²) in [6.07, 6.45) is -1.18. The minimum atomic E-state index is -3.98. The molecule has 0 aliphatic carbocycles. The molecule has 1 aromatic rings. The molecule has 0 radical (unpaired) electrons. The third-order valence-corrected chi connectivity index (χ3v) is 5.70. The molecule has 0 amide bonds. The number of anilines is 1. The Morgan fingerprint density at radius 1 is 1.33 bits per heavy atom. The molecule has 0 fully saturated rings. The fourth-order valence-electron chi connectivity index (χ4n) is 2.22. The minimum Gasteiger partial charge on any atom is -0.368 e. The van der Waals surface area contributed by atoms with Gasteiger partial charge in [-0.1, -0.05) is 11.6 Å². The van der Waals surface area contributed by atoms with Gasteiger partial charge in [0, 0.05) is 4.90 Å². The first-order valence-corrected chi connectivity index (χ1v) is 9.94. The second-order valence-corrected chi connectivity index (χ2v) is 8.11. The molecule has 13 nitrogen and oxygen atoms in total. The number of sulfonamides is 1. The number of halogens is 1. The van der Waals surface area contributed by atoms with Crippen LogP contribution in [-0.4, -0.2) is 37.5 Å². The Bertz CT molecular complexity index is 838. The maximum absolute atomic E-state index is 11.5. The van der Waals surface area contributed by atoms with Gasteiger partial charge in [0.25, 0.3) is 10.2 Å². The predicted octanol–water partition coefficient (Wildman–Crippen LogP) is 0.901. The van der Waals surface area contributed by atoms with Crippen LogP contribution < -0.4 is 15.2 Å². The fraction of sp³-hybridized carbons (Fsp3) is 0.455. The van der Waals surface area contributed by atoms with Gasteiger partial charge >= 0.3 is 0 Å². The summed E-state index contributed by atoms with van der Waals surface area (Å²) in [5, 5.41) is 26.7. The third kappa shape index (κ3) is 6.24. The molecule has 1 aliphatic heterocycles. The molecule has 2 rings (SSSR count). The minimum absolute atomic E-state index is 0.0565. The van der Waals surface area contributed by atoms with Gasteiger partial charge in [0.1, 0.15) is 17.6 Å². The summed E-state index contributed by atoms with van der Waals surface area (Å²) >= 11 is 7.06. The molecule has 0 bridgehead atoms. The summed E-state index contributed by atoms with van der Waals surface area (Å²) in [5.41, 5.74) is 0.537. The zero-order valence-electron chi connectivity index (χ0n) is 13.4. The Balaban J connectivity index is 2.01. The zero-order chi connectivity index (χ0) is 20.2. The van der Waals surface area contributed by atoms with E-state index in [4.69, 9.17) is 16.7 Å². The normalized spacial score (nSPS) is 17.3. The molecule has 1 aliphatic rings. The monoisotopic (exact) mass is 443 g/mol. The van der Waals surface area contributed by atoms with Crippen molar-refractivity contribution in [3.63, 3.8) is 0 Å². The first-order valence-electron chi connectivity index (χ1n) is 7.20. The van der Waals surface area contributed by atoms with Crippen molar-refractivity contribution in [2.75, 3.05) is 11.9 Å². The van der Waals surface area contributed by atoms with Crippen LogP contribution >= 0.6 is 23.5 Å². The summed E-state index contributed by atoms with van der Waals surface area (Å²) in [6.45, 7) is -0.589. The highest BCUT2D eigenvalue weighted by atomic mass is 35.5. The van der Waals surface area contributed by atoms with Crippen molar-refractivity contribution in [1.29, 1.82) is 0 Å². The van der Waals surface area contributed by atoms with E-state index in [1.807, 2.05) is 0 Å². The van der Waals surface area contributed by atoms with Gasteiger partial charge in [-0.2, -0.15) is 0 Å². The largest absolute Gasteiger partial charge is 0.368 e. The number of nitrogens with zero attached hydrogens (tertiary/aromatic N) is 2. The fourth-order valence-corrected chi connectivity index (χ4v) is 4.24. The molecule has 4 N–H and O–H groups in total. The quantitative estimate of drug-likeness (QED) is 0.279. The van der Waals surface area contributed by atoms with Gasteiger partial charge in [0.2, 0.25) is 10.0 Å². The molecule has 16 heteroatoms. The van der Waals surface area contributed by atoms with Crippen LogP contribution in [0.3, 0.4) is 0 Å². The van der Waals surface area contributed by atoms with Crippen LogP contribution in [0.1, 0.15) is 12.8 Å². The van der Waals surface area contributed by atoms with Gasteiger partial charge in [0.05, 0.1) is 16.9 Å². The number of benzene rings is 1. The van der Waals surface area contributed by atoms with Crippen molar-refractivity contribution in [2.24, 2.45) is 5.14 Å². The van der Waals surface area contributed by atoms with Crippen LogP contribution in [-0.2, 0) is 19.7 Å². The highest BCUT2D eigenvalue weighted by Gasteiger charge is 2.24. The predicted molar refractivity (Wildman–Crippen MR) is 93.3 cm³/mol. The molecule has 1 heterocycles. The molecule has 0 spiro atoms.